The molecule has 0 fully saturated rings. The highest BCUT2D eigenvalue weighted by atomic mass is 35.7. The molecule has 0 heterocycles. The fourth-order valence-corrected chi connectivity index (χ4v) is 1.87. The summed E-state index contributed by atoms with van der Waals surface area (Å²) in [7, 11) is 0.702. The summed E-state index contributed by atoms with van der Waals surface area (Å²) in [6.07, 6.45) is 0. The van der Waals surface area contributed by atoms with Gasteiger partial charge in [-0.05, 0) is 19.1 Å². The molecular weight excluding hydrogens is 250 g/mol. The Balaban J connectivity index is 3.42. The van der Waals surface area contributed by atoms with E-state index >= 15 is 0 Å². The van der Waals surface area contributed by atoms with E-state index < -0.39 is 31.3 Å². The zero-order chi connectivity index (χ0) is 11.6. The molecule has 0 atom stereocenters. The van der Waals surface area contributed by atoms with Crippen LogP contribution in [0.4, 0.5) is 8.78 Å². The number of benzene rings is 1. The first kappa shape index (κ1) is 12.2. The molecule has 0 saturated carbocycles. The number of ether oxygens (including phenoxy) is 1. The standard InChI is InChI=1S/C8H7ClF2O3S/c1-2-14-8-5(10)3-4-6(7(8)11)15(9,12)13/h3-4H,2H2,1H3. The van der Waals surface area contributed by atoms with Gasteiger partial charge in [-0.15, -0.1) is 0 Å². The van der Waals surface area contributed by atoms with E-state index in [0.717, 1.165) is 12.1 Å². The van der Waals surface area contributed by atoms with Gasteiger partial charge < -0.3 is 4.74 Å². The van der Waals surface area contributed by atoms with Crippen molar-refractivity contribution in [3.63, 3.8) is 0 Å². The summed E-state index contributed by atoms with van der Waals surface area (Å²) < 4.78 is 52.8. The van der Waals surface area contributed by atoms with Crippen LogP contribution in [0.15, 0.2) is 17.0 Å². The van der Waals surface area contributed by atoms with Crippen molar-refractivity contribution < 1.29 is 21.9 Å². The highest BCUT2D eigenvalue weighted by molar-refractivity contribution is 8.13. The quantitative estimate of drug-likeness (QED) is 0.780. The second-order valence-electron chi connectivity index (χ2n) is 2.56. The molecular formula is C8H7ClF2O3S. The van der Waals surface area contributed by atoms with Crippen LogP contribution in [0.3, 0.4) is 0 Å². The fourth-order valence-electron chi connectivity index (χ4n) is 0.979. The molecule has 0 amide bonds. The predicted octanol–water partition coefficient (Wildman–Crippen LogP) is 2.29. The zero-order valence-electron chi connectivity index (χ0n) is 7.63. The minimum Gasteiger partial charge on any atom is -0.488 e. The summed E-state index contributed by atoms with van der Waals surface area (Å²) in [6, 6.07) is 1.53. The van der Waals surface area contributed by atoms with Gasteiger partial charge in [-0.1, -0.05) is 0 Å². The minimum absolute atomic E-state index is 0.0135. The van der Waals surface area contributed by atoms with Crippen LogP contribution in [-0.2, 0) is 9.05 Å². The molecule has 0 unspecified atom stereocenters. The summed E-state index contributed by atoms with van der Waals surface area (Å²) >= 11 is 0. The lowest BCUT2D eigenvalue weighted by molar-refractivity contribution is 0.299. The molecule has 0 bridgehead atoms. The Bertz CT molecular complexity index is 473. The van der Waals surface area contributed by atoms with Gasteiger partial charge in [0.15, 0.2) is 17.4 Å². The molecule has 1 rings (SSSR count). The molecule has 0 aliphatic rings. The predicted molar refractivity (Wildman–Crippen MR) is 50.6 cm³/mol. The SMILES string of the molecule is CCOc1c(F)ccc(S(=O)(=O)Cl)c1F. The summed E-state index contributed by atoms with van der Waals surface area (Å²) in [5.41, 5.74) is 0. The molecule has 0 aliphatic carbocycles. The molecule has 0 aliphatic heterocycles. The van der Waals surface area contributed by atoms with Gasteiger partial charge in [-0.2, -0.15) is 0 Å². The maximum Gasteiger partial charge on any atom is 0.264 e. The van der Waals surface area contributed by atoms with E-state index in [1.165, 1.54) is 6.92 Å². The highest BCUT2D eigenvalue weighted by Gasteiger charge is 2.22. The van der Waals surface area contributed by atoms with E-state index in [0.29, 0.717) is 0 Å². The van der Waals surface area contributed by atoms with E-state index in [2.05, 4.69) is 4.74 Å². The second-order valence-corrected chi connectivity index (χ2v) is 5.09. The summed E-state index contributed by atoms with van der Waals surface area (Å²) in [5, 5.41) is 0. The summed E-state index contributed by atoms with van der Waals surface area (Å²) in [4.78, 5) is -0.797. The van der Waals surface area contributed by atoms with Gasteiger partial charge in [0.1, 0.15) is 4.90 Å². The molecule has 0 saturated heterocycles. The van der Waals surface area contributed by atoms with Crippen molar-refractivity contribution in [2.75, 3.05) is 6.61 Å². The van der Waals surface area contributed by atoms with Crippen LogP contribution in [0.2, 0.25) is 0 Å². The Morgan fingerprint density at radius 1 is 1.40 bits per heavy atom. The minimum atomic E-state index is -4.24. The molecule has 7 heteroatoms. The van der Waals surface area contributed by atoms with Gasteiger partial charge in [-0.3, -0.25) is 0 Å². The van der Waals surface area contributed by atoms with Crippen LogP contribution >= 0.6 is 10.7 Å². The van der Waals surface area contributed by atoms with E-state index in [-0.39, 0.29) is 6.61 Å². The van der Waals surface area contributed by atoms with Crippen LogP contribution in [0, 0.1) is 11.6 Å². The molecule has 0 radical (unpaired) electrons. The van der Waals surface area contributed by atoms with Crippen molar-refractivity contribution in [1.29, 1.82) is 0 Å². The Kier molecular flexibility index (Phi) is 3.51. The maximum absolute atomic E-state index is 13.4. The van der Waals surface area contributed by atoms with E-state index in [1.54, 1.807) is 0 Å². The smallest absolute Gasteiger partial charge is 0.264 e. The Hall–Kier alpha value is -0.880. The van der Waals surface area contributed by atoms with Crippen molar-refractivity contribution >= 4 is 19.7 Å². The monoisotopic (exact) mass is 256 g/mol. The van der Waals surface area contributed by atoms with Crippen LogP contribution in [0.25, 0.3) is 0 Å². The highest BCUT2D eigenvalue weighted by Crippen LogP contribution is 2.29. The lowest BCUT2D eigenvalue weighted by atomic mass is 10.3. The number of hydrogen-bond acceptors (Lipinski definition) is 3. The molecule has 84 valence electrons. The maximum atomic E-state index is 13.4. The molecule has 3 nitrogen and oxygen atoms in total. The summed E-state index contributed by atoms with van der Waals surface area (Å²) in [6.45, 7) is 1.53. The molecule has 1 aromatic rings. The zero-order valence-corrected chi connectivity index (χ0v) is 9.20. The van der Waals surface area contributed by atoms with Gasteiger partial charge in [0.2, 0.25) is 0 Å². The average Bonchev–Trinajstić information content (AvgIpc) is 2.09. The lowest BCUT2D eigenvalue weighted by Crippen LogP contribution is -2.03. The third-order valence-corrected chi connectivity index (χ3v) is 2.90. The number of hydrogen-bond donors (Lipinski definition) is 0. The first-order chi connectivity index (χ1) is 6.88. The Morgan fingerprint density at radius 3 is 2.47 bits per heavy atom. The summed E-state index contributed by atoms with van der Waals surface area (Å²) in [5.74, 6) is -3.02. The number of rotatable bonds is 3. The lowest BCUT2D eigenvalue weighted by Gasteiger charge is -2.07. The number of halogens is 3. The normalized spacial score (nSPS) is 11.5. The van der Waals surface area contributed by atoms with Gasteiger partial charge in [0, 0.05) is 10.7 Å². The largest absolute Gasteiger partial charge is 0.488 e. The van der Waals surface area contributed by atoms with E-state index in [9.17, 15) is 17.2 Å². The van der Waals surface area contributed by atoms with E-state index in [1.807, 2.05) is 0 Å². The second kappa shape index (κ2) is 4.32. The van der Waals surface area contributed by atoms with Crippen molar-refractivity contribution in [3.8, 4) is 5.75 Å². The first-order valence-electron chi connectivity index (χ1n) is 3.93. The fraction of sp³-hybridized carbons (Fsp3) is 0.250. The van der Waals surface area contributed by atoms with Crippen LogP contribution in [-0.4, -0.2) is 15.0 Å². The van der Waals surface area contributed by atoms with Gasteiger partial charge >= 0.3 is 0 Å². The average molecular weight is 257 g/mol. The molecule has 0 N–H and O–H groups in total. The molecule has 1 aromatic carbocycles. The molecule has 15 heavy (non-hydrogen) atoms. The Morgan fingerprint density at radius 2 is 2.00 bits per heavy atom. The molecule has 0 spiro atoms. The van der Waals surface area contributed by atoms with Crippen LogP contribution < -0.4 is 4.74 Å². The van der Waals surface area contributed by atoms with Crippen LogP contribution in [0.1, 0.15) is 6.92 Å². The van der Waals surface area contributed by atoms with Gasteiger partial charge in [-0.25, -0.2) is 17.2 Å². The third-order valence-electron chi connectivity index (χ3n) is 1.56. The van der Waals surface area contributed by atoms with E-state index in [4.69, 9.17) is 10.7 Å². The van der Waals surface area contributed by atoms with Crippen LogP contribution in [0.5, 0.6) is 5.75 Å². The van der Waals surface area contributed by atoms with Crippen molar-refractivity contribution in [1.82, 2.24) is 0 Å². The van der Waals surface area contributed by atoms with Crippen molar-refractivity contribution in [2.45, 2.75) is 11.8 Å². The van der Waals surface area contributed by atoms with Gasteiger partial charge in [0.25, 0.3) is 9.05 Å². The third kappa shape index (κ3) is 2.57. The van der Waals surface area contributed by atoms with Gasteiger partial charge in [0.05, 0.1) is 6.61 Å². The van der Waals surface area contributed by atoms with Crippen molar-refractivity contribution in [3.05, 3.63) is 23.8 Å². The molecule has 0 aromatic heterocycles. The van der Waals surface area contributed by atoms with Crippen molar-refractivity contribution in [2.24, 2.45) is 0 Å². The first-order valence-corrected chi connectivity index (χ1v) is 6.24. The Labute approximate surface area is 90.0 Å². The topological polar surface area (TPSA) is 43.4 Å².